The van der Waals surface area contributed by atoms with E-state index in [0.29, 0.717) is 6.17 Å². The molecule has 3 rings (SSSR count). The summed E-state index contributed by atoms with van der Waals surface area (Å²) < 4.78 is 0. The van der Waals surface area contributed by atoms with Crippen LogP contribution in [0.25, 0.3) is 0 Å². The summed E-state index contributed by atoms with van der Waals surface area (Å²) >= 11 is 0. The maximum Gasteiger partial charge on any atom is 0.102 e. The van der Waals surface area contributed by atoms with Gasteiger partial charge in [-0.1, -0.05) is 0 Å². The molecule has 0 fully saturated rings. The minimum Gasteiger partial charge on any atom is -0.359 e. The molecule has 0 aliphatic carbocycles. The van der Waals surface area contributed by atoms with Gasteiger partial charge in [0, 0.05) is 44.5 Å². The van der Waals surface area contributed by atoms with E-state index in [2.05, 4.69) is 71.4 Å². The predicted octanol–water partition coefficient (Wildman–Crippen LogP) is 3.05. The van der Waals surface area contributed by atoms with E-state index in [1.807, 2.05) is 18.5 Å². The normalized spacial score (nSPS) is 23.1. The SMILES string of the molecule is Cc1ccnc(C2=NC=CC(=CN3C=CN(C)C3C)C2)c1. The molecule has 0 amide bonds. The lowest BCUT2D eigenvalue weighted by atomic mass is 10.0. The highest BCUT2D eigenvalue weighted by Gasteiger charge is 2.18. The maximum atomic E-state index is 4.49. The van der Waals surface area contributed by atoms with Gasteiger partial charge in [0.2, 0.25) is 0 Å². The Morgan fingerprint density at radius 2 is 2.19 bits per heavy atom. The Balaban J connectivity index is 1.79. The van der Waals surface area contributed by atoms with Crippen LogP contribution in [0, 0.1) is 6.92 Å². The number of aliphatic imine (C=N–C) groups is 1. The van der Waals surface area contributed by atoms with E-state index in [9.17, 15) is 0 Å². The zero-order chi connectivity index (χ0) is 14.8. The summed E-state index contributed by atoms with van der Waals surface area (Å²) in [6.45, 7) is 4.26. The molecule has 0 aromatic carbocycles. The highest BCUT2D eigenvalue weighted by Crippen LogP contribution is 2.20. The first-order valence-corrected chi connectivity index (χ1v) is 7.18. The van der Waals surface area contributed by atoms with Crippen LogP contribution < -0.4 is 0 Å². The van der Waals surface area contributed by atoms with Gasteiger partial charge in [-0.15, -0.1) is 0 Å². The van der Waals surface area contributed by atoms with Crippen LogP contribution in [-0.4, -0.2) is 33.7 Å². The molecule has 1 atom stereocenters. The quantitative estimate of drug-likeness (QED) is 0.834. The van der Waals surface area contributed by atoms with E-state index in [4.69, 9.17) is 0 Å². The first-order valence-electron chi connectivity index (χ1n) is 7.18. The van der Waals surface area contributed by atoms with E-state index in [0.717, 1.165) is 17.8 Å². The van der Waals surface area contributed by atoms with Crippen LogP contribution in [0.2, 0.25) is 0 Å². The number of hydrogen-bond acceptors (Lipinski definition) is 4. The van der Waals surface area contributed by atoms with Gasteiger partial charge in [0.1, 0.15) is 6.17 Å². The first-order chi connectivity index (χ1) is 10.1. The van der Waals surface area contributed by atoms with Gasteiger partial charge in [0.15, 0.2) is 0 Å². The number of aromatic nitrogens is 1. The number of pyridine rings is 1. The van der Waals surface area contributed by atoms with Crippen molar-refractivity contribution in [1.82, 2.24) is 14.8 Å². The van der Waals surface area contributed by atoms with Crippen molar-refractivity contribution in [2.24, 2.45) is 4.99 Å². The molecule has 21 heavy (non-hydrogen) atoms. The second-order valence-electron chi connectivity index (χ2n) is 5.53. The van der Waals surface area contributed by atoms with Gasteiger partial charge in [0.25, 0.3) is 0 Å². The fourth-order valence-corrected chi connectivity index (χ4v) is 2.44. The Morgan fingerprint density at radius 1 is 1.33 bits per heavy atom. The minimum absolute atomic E-state index is 0.352. The van der Waals surface area contributed by atoms with Crippen LogP contribution in [0.5, 0.6) is 0 Å². The molecule has 108 valence electrons. The predicted molar refractivity (Wildman–Crippen MR) is 85.6 cm³/mol. The smallest absolute Gasteiger partial charge is 0.102 e. The van der Waals surface area contributed by atoms with Gasteiger partial charge < -0.3 is 9.80 Å². The van der Waals surface area contributed by atoms with Crippen LogP contribution in [0.3, 0.4) is 0 Å². The first kappa shape index (κ1) is 13.6. The molecule has 0 spiro atoms. The molecule has 0 bridgehead atoms. The fraction of sp³-hybridized carbons (Fsp3) is 0.294. The summed E-state index contributed by atoms with van der Waals surface area (Å²) in [7, 11) is 2.08. The lowest BCUT2D eigenvalue weighted by Gasteiger charge is -2.25. The van der Waals surface area contributed by atoms with Crippen molar-refractivity contribution in [2.45, 2.75) is 26.4 Å². The third-order valence-corrected chi connectivity index (χ3v) is 3.91. The van der Waals surface area contributed by atoms with E-state index in [1.54, 1.807) is 0 Å². The van der Waals surface area contributed by atoms with Gasteiger partial charge in [-0.3, -0.25) is 9.98 Å². The van der Waals surface area contributed by atoms with Gasteiger partial charge in [0.05, 0.1) is 11.4 Å². The average Bonchev–Trinajstić information content (AvgIpc) is 2.80. The standard InChI is InChI=1S/C17H20N4/c1-13-4-6-18-16(10-13)17-11-15(5-7-19-17)12-21-9-8-20(3)14(21)2/h4-10,12,14H,11H2,1-3H3. The molecule has 2 aliphatic heterocycles. The monoisotopic (exact) mass is 280 g/mol. The Labute approximate surface area is 125 Å². The van der Waals surface area contributed by atoms with E-state index >= 15 is 0 Å². The Morgan fingerprint density at radius 3 is 2.90 bits per heavy atom. The topological polar surface area (TPSA) is 31.7 Å². The van der Waals surface area contributed by atoms with Crippen molar-refractivity contribution < 1.29 is 0 Å². The van der Waals surface area contributed by atoms with Crippen molar-refractivity contribution >= 4 is 5.71 Å². The summed E-state index contributed by atoms with van der Waals surface area (Å²) in [5.74, 6) is 0. The molecular formula is C17H20N4. The van der Waals surface area contributed by atoms with Crippen molar-refractivity contribution in [1.29, 1.82) is 0 Å². The molecule has 0 saturated heterocycles. The molecule has 4 nitrogen and oxygen atoms in total. The molecular weight excluding hydrogens is 260 g/mol. The van der Waals surface area contributed by atoms with Crippen LogP contribution in [0.15, 0.2) is 59.8 Å². The zero-order valence-electron chi connectivity index (χ0n) is 12.7. The highest BCUT2D eigenvalue weighted by molar-refractivity contribution is 6.01. The summed E-state index contributed by atoms with van der Waals surface area (Å²) in [4.78, 5) is 13.3. The van der Waals surface area contributed by atoms with Crippen LogP contribution in [-0.2, 0) is 0 Å². The summed E-state index contributed by atoms with van der Waals surface area (Å²) in [5.41, 5.74) is 4.44. The second kappa shape index (κ2) is 5.56. The number of aryl methyl sites for hydroxylation is 1. The van der Waals surface area contributed by atoms with Gasteiger partial charge in [-0.2, -0.15) is 0 Å². The molecule has 1 aromatic rings. The zero-order valence-corrected chi connectivity index (χ0v) is 12.7. The van der Waals surface area contributed by atoms with Crippen LogP contribution >= 0.6 is 0 Å². The van der Waals surface area contributed by atoms with Crippen LogP contribution in [0.1, 0.15) is 24.6 Å². The van der Waals surface area contributed by atoms with E-state index in [-0.39, 0.29) is 0 Å². The second-order valence-corrected chi connectivity index (χ2v) is 5.53. The number of nitrogens with zero attached hydrogens (tertiary/aromatic N) is 4. The van der Waals surface area contributed by atoms with Crippen molar-refractivity contribution in [3.05, 3.63) is 66.0 Å². The van der Waals surface area contributed by atoms with Crippen LogP contribution in [0.4, 0.5) is 0 Å². The third-order valence-electron chi connectivity index (χ3n) is 3.91. The number of allylic oxidation sites excluding steroid dienone is 2. The van der Waals surface area contributed by atoms with Gasteiger partial charge in [-0.25, -0.2) is 0 Å². The molecule has 4 heteroatoms. The Hall–Kier alpha value is -2.36. The fourth-order valence-electron chi connectivity index (χ4n) is 2.44. The van der Waals surface area contributed by atoms with Crippen molar-refractivity contribution in [3.8, 4) is 0 Å². The average molecular weight is 280 g/mol. The van der Waals surface area contributed by atoms with Crippen molar-refractivity contribution in [3.63, 3.8) is 0 Å². The maximum absolute atomic E-state index is 4.49. The molecule has 0 radical (unpaired) electrons. The molecule has 3 heterocycles. The van der Waals surface area contributed by atoms with Gasteiger partial charge >= 0.3 is 0 Å². The van der Waals surface area contributed by atoms with Gasteiger partial charge in [-0.05, 0) is 43.2 Å². The third kappa shape index (κ3) is 2.89. The molecule has 0 saturated carbocycles. The molecule has 1 aromatic heterocycles. The largest absolute Gasteiger partial charge is 0.359 e. The Kier molecular flexibility index (Phi) is 3.60. The molecule has 1 unspecified atom stereocenters. The molecule has 0 N–H and O–H groups in total. The lowest BCUT2D eigenvalue weighted by Crippen LogP contribution is -2.30. The highest BCUT2D eigenvalue weighted by atomic mass is 15.4. The lowest BCUT2D eigenvalue weighted by molar-refractivity contribution is 0.246. The van der Waals surface area contributed by atoms with E-state index < -0.39 is 0 Å². The summed E-state index contributed by atoms with van der Waals surface area (Å²) in [6, 6.07) is 4.09. The summed E-state index contributed by atoms with van der Waals surface area (Å²) in [6.07, 6.45) is 13.3. The van der Waals surface area contributed by atoms with E-state index in [1.165, 1.54) is 11.1 Å². The number of hydrogen-bond donors (Lipinski definition) is 0. The molecule has 2 aliphatic rings. The van der Waals surface area contributed by atoms with Crippen molar-refractivity contribution in [2.75, 3.05) is 7.05 Å². The number of rotatable bonds is 2. The summed E-state index contributed by atoms with van der Waals surface area (Å²) in [5, 5.41) is 0. The Bertz CT molecular complexity index is 655. The minimum atomic E-state index is 0.352.